The van der Waals surface area contributed by atoms with Gasteiger partial charge >= 0.3 is 5.97 Å². The lowest BCUT2D eigenvalue weighted by atomic mass is 9.41. The highest BCUT2D eigenvalue weighted by Gasteiger charge is 2.67. The number of carbonyl (C=O) groups is 1. The normalized spacial score (nSPS) is 53.1. The summed E-state index contributed by atoms with van der Waals surface area (Å²) < 4.78 is 4.58. The molecular formula is C26H42O9. The molecule has 4 saturated carbocycles. The summed E-state index contributed by atoms with van der Waals surface area (Å²) in [5.41, 5.74) is 0.128. The van der Waals surface area contributed by atoms with E-state index in [1.54, 1.807) is 0 Å². The van der Waals surface area contributed by atoms with Gasteiger partial charge in [-0.2, -0.15) is 0 Å². The Labute approximate surface area is 206 Å². The molecule has 2 bridgehead atoms. The van der Waals surface area contributed by atoms with Crippen LogP contribution in [0.5, 0.6) is 0 Å². The smallest absolute Gasteiger partial charge is 0.309 e. The number of aliphatic hydroxyl groups excluding tert-OH is 5. The van der Waals surface area contributed by atoms with E-state index in [1.165, 1.54) is 0 Å². The van der Waals surface area contributed by atoms with E-state index in [4.69, 9.17) is 25.5 Å². The van der Waals surface area contributed by atoms with Crippen LogP contribution in [0.2, 0.25) is 0 Å². The number of hydrogen-bond donors (Lipinski definition) is 7. The van der Waals surface area contributed by atoms with E-state index >= 15 is 0 Å². The molecule has 7 N–H and O–H groups in total. The van der Waals surface area contributed by atoms with Gasteiger partial charge in [0, 0.05) is 0 Å². The lowest BCUT2D eigenvalue weighted by Gasteiger charge is -2.63. The standard InChI is InChI=1S/C20H30O3.C6H12O6/c1-13-11-19-9-5-14-17(2,7-4-8-18(14,3)16(21)22)15(19)6-10-20(13,23)12-19;7-1-2-3(8)4(9)5(10)6(11)12-2/h14-15,23H,1,4-12H2,2-3H3,(H,21,22);2-11H,1H2/t14-,15-,17+,18+,19+,20-;2-,3-,4+,5-,6?/m01/s1. The number of ether oxygens (including phenoxy) is 1. The van der Waals surface area contributed by atoms with Gasteiger partial charge in [0.05, 0.1) is 17.6 Å². The SMILES string of the molecule is C=C1C[C@@]23CC[C@H]4[C@@](C)(CCC[C@@]4(C)C(=O)O)[C@@H]2CC[C@]1(O)C3.OC[C@H]1OC(O)[C@H](O)[C@@H](O)[C@@H]1O. The average Bonchev–Trinajstić information content (AvgIpc) is 2.98. The van der Waals surface area contributed by atoms with Crippen molar-refractivity contribution in [2.45, 2.75) is 108 Å². The van der Waals surface area contributed by atoms with Crippen LogP contribution in [-0.4, -0.2) is 84.6 Å². The van der Waals surface area contributed by atoms with Crippen LogP contribution in [0.15, 0.2) is 12.2 Å². The van der Waals surface area contributed by atoms with Gasteiger partial charge in [0.2, 0.25) is 0 Å². The van der Waals surface area contributed by atoms with Crippen molar-refractivity contribution in [1.29, 1.82) is 0 Å². The van der Waals surface area contributed by atoms with Gasteiger partial charge in [-0.25, -0.2) is 0 Å². The molecule has 5 aliphatic rings. The maximum absolute atomic E-state index is 12.0. The molecule has 9 nitrogen and oxygen atoms in total. The second-order valence-electron chi connectivity index (χ2n) is 12.3. The highest BCUT2D eigenvalue weighted by molar-refractivity contribution is 5.75. The van der Waals surface area contributed by atoms with E-state index in [9.17, 15) is 15.0 Å². The summed E-state index contributed by atoms with van der Waals surface area (Å²) >= 11 is 0. The Bertz CT molecular complexity index is 844. The fourth-order valence-electron chi connectivity index (χ4n) is 8.69. The molecule has 0 aromatic carbocycles. The van der Waals surface area contributed by atoms with E-state index in [0.29, 0.717) is 5.92 Å². The third kappa shape index (κ3) is 4.07. The number of carboxylic acids is 1. The summed E-state index contributed by atoms with van der Waals surface area (Å²) in [6.07, 6.45) is 1.71. The van der Waals surface area contributed by atoms with E-state index in [0.717, 1.165) is 63.4 Å². The number of aliphatic carboxylic acids is 1. The van der Waals surface area contributed by atoms with Crippen molar-refractivity contribution >= 4 is 5.97 Å². The molecule has 11 atom stereocenters. The van der Waals surface area contributed by atoms with Crippen LogP contribution >= 0.6 is 0 Å². The van der Waals surface area contributed by atoms with Crippen LogP contribution in [0.4, 0.5) is 0 Å². The summed E-state index contributed by atoms with van der Waals surface area (Å²) in [4.78, 5) is 12.0. The Morgan fingerprint density at radius 2 is 1.66 bits per heavy atom. The Morgan fingerprint density at radius 1 is 1.00 bits per heavy atom. The van der Waals surface area contributed by atoms with Crippen molar-refractivity contribution in [3.8, 4) is 0 Å². The maximum Gasteiger partial charge on any atom is 0.309 e. The molecule has 5 rings (SSSR count). The zero-order valence-corrected chi connectivity index (χ0v) is 20.8. The van der Waals surface area contributed by atoms with Gasteiger partial charge in [0.15, 0.2) is 6.29 Å². The molecule has 1 unspecified atom stereocenters. The second kappa shape index (κ2) is 9.04. The van der Waals surface area contributed by atoms with Crippen LogP contribution in [0.3, 0.4) is 0 Å². The number of rotatable bonds is 2. The Hall–Kier alpha value is -1.07. The summed E-state index contributed by atoms with van der Waals surface area (Å²) in [5, 5.41) is 65.5. The lowest BCUT2D eigenvalue weighted by molar-refractivity contribution is -0.286. The summed E-state index contributed by atoms with van der Waals surface area (Å²) in [5.74, 6) is 0.219. The van der Waals surface area contributed by atoms with Gasteiger partial charge in [-0.15, -0.1) is 0 Å². The summed E-state index contributed by atoms with van der Waals surface area (Å²) in [7, 11) is 0. The van der Waals surface area contributed by atoms with Gasteiger partial charge in [0.1, 0.15) is 24.4 Å². The molecule has 5 fully saturated rings. The van der Waals surface area contributed by atoms with Crippen molar-refractivity contribution in [3.05, 3.63) is 12.2 Å². The third-order valence-electron chi connectivity index (χ3n) is 10.5. The fraction of sp³-hybridized carbons (Fsp3) is 0.885. The molecule has 0 radical (unpaired) electrons. The predicted molar refractivity (Wildman–Crippen MR) is 125 cm³/mol. The predicted octanol–water partition coefficient (Wildman–Crippen LogP) is 0.934. The maximum atomic E-state index is 12.0. The molecule has 0 aromatic heterocycles. The molecule has 200 valence electrons. The van der Waals surface area contributed by atoms with Gasteiger partial charge in [-0.3, -0.25) is 4.79 Å². The summed E-state index contributed by atoms with van der Waals surface area (Å²) in [6.45, 7) is 8.03. The molecule has 1 heterocycles. The third-order valence-corrected chi connectivity index (χ3v) is 10.5. The topological polar surface area (TPSA) is 168 Å². The first-order valence-corrected chi connectivity index (χ1v) is 12.9. The van der Waals surface area contributed by atoms with E-state index in [-0.39, 0.29) is 16.7 Å². The quantitative estimate of drug-likeness (QED) is 0.274. The minimum absolute atomic E-state index is 0.107. The van der Waals surface area contributed by atoms with Gasteiger partial charge < -0.3 is 40.5 Å². The van der Waals surface area contributed by atoms with Gasteiger partial charge in [-0.1, -0.05) is 19.9 Å². The van der Waals surface area contributed by atoms with Crippen molar-refractivity contribution in [3.63, 3.8) is 0 Å². The van der Waals surface area contributed by atoms with Crippen molar-refractivity contribution in [2.24, 2.45) is 28.1 Å². The van der Waals surface area contributed by atoms with E-state index in [1.807, 2.05) is 6.92 Å². The Balaban J connectivity index is 0.000000204. The first-order valence-electron chi connectivity index (χ1n) is 12.9. The van der Waals surface area contributed by atoms with E-state index < -0.39 is 54.3 Å². The zero-order valence-electron chi connectivity index (χ0n) is 20.8. The van der Waals surface area contributed by atoms with Gasteiger partial charge in [-0.05, 0) is 86.5 Å². The van der Waals surface area contributed by atoms with Crippen LogP contribution < -0.4 is 0 Å². The highest BCUT2D eigenvalue weighted by Crippen LogP contribution is 2.72. The van der Waals surface area contributed by atoms with Crippen molar-refractivity contribution < 1.29 is 45.3 Å². The van der Waals surface area contributed by atoms with Crippen LogP contribution in [0.1, 0.15) is 71.6 Å². The van der Waals surface area contributed by atoms with Crippen molar-refractivity contribution in [1.82, 2.24) is 0 Å². The molecule has 9 heteroatoms. The molecular weight excluding hydrogens is 456 g/mol. The Kier molecular flexibility index (Phi) is 6.97. The van der Waals surface area contributed by atoms with Crippen LogP contribution in [-0.2, 0) is 9.53 Å². The second-order valence-corrected chi connectivity index (χ2v) is 12.3. The number of hydrogen-bond acceptors (Lipinski definition) is 8. The molecule has 0 aromatic rings. The molecule has 35 heavy (non-hydrogen) atoms. The first kappa shape index (κ1) is 27.0. The molecule has 1 saturated heterocycles. The number of aliphatic hydroxyl groups is 6. The number of fused-ring (bicyclic) bond motifs is 3. The zero-order chi connectivity index (χ0) is 26.0. The molecule has 1 aliphatic heterocycles. The monoisotopic (exact) mass is 498 g/mol. The average molecular weight is 499 g/mol. The van der Waals surface area contributed by atoms with Gasteiger partial charge in [0.25, 0.3) is 0 Å². The number of carboxylic acid groups (broad SMARTS) is 1. The van der Waals surface area contributed by atoms with Crippen LogP contribution in [0, 0.1) is 28.1 Å². The molecule has 1 spiro atoms. The molecule has 0 amide bonds. The minimum atomic E-state index is -1.57. The van der Waals surface area contributed by atoms with Crippen LogP contribution in [0.25, 0.3) is 0 Å². The summed E-state index contributed by atoms with van der Waals surface area (Å²) in [6, 6.07) is 0. The minimum Gasteiger partial charge on any atom is -0.481 e. The van der Waals surface area contributed by atoms with Crippen molar-refractivity contribution in [2.75, 3.05) is 6.61 Å². The van der Waals surface area contributed by atoms with E-state index in [2.05, 4.69) is 18.2 Å². The fourth-order valence-corrected chi connectivity index (χ4v) is 8.69. The lowest BCUT2D eigenvalue weighted by Crippen LogP contribution is -2.59. The molecule has 4 aliphatic carbocycles. The first-order chi connectivity index (χ1) is 16.2. The largest absolute Gasteiger partial charge is 0.481 e. The highest BCUT2D eigenvalue weighted by atomic mass is 16.6. The Morgan fingerprint density at radius 3 is 2.29 bits per heavy atom.